The molecule has 1 fully saturated rings. The highest BCUT2D eigenvalue weighted by atomic mass is 19.1. The minimum Gasteiger partial charge on any atom is -0.348 e. The van der Waals surface area contributed by atoms with Crippen LogP contribution in [-0.2, 0) is 6.54 Å². The van der Waals surface area contributed by atoms with E-state index in [1.54, 1.807) is 12.1 Å². The fraction of sp³-hybridized carbons (Fsp3) is 0.238. The number of hydrogen-bond acceptors (Lipinski definition) is 4. The van der Waals surface area contributed by atoms with Crippen LogP contribution in [0.1, 0.15) is 34.5 Å². The molecule has 1 saturated carbocycles. The summed E-state index contributed by atoms with van der Waals surface area (Å²) >= 11 is 0. The van der Waals surface area contributed by atoms with Gasteiger partial charge in [-0.2, -0.15) is 9.78 Å². The number of amides is 1. The number of aryl methyl sites for hydroxylation is 1. The van der Waals surface area contributed by atoms with E-state index in [0.717, 1.165) is 39.3 Å². The van der Waals surface area contributed by atoms with Crippen LogP contribution in [0.2, 0.25) is 0 Å². The largest absolute Gasteiger partial charge is 0.352 e. The van der Waals surface area contributed by atoms with Gasteiger partial charge in [0.25, 0.3) is 11.5 Å². The van der Waals surface area contributed by atoms with E-state index in [1.807, 2.05) is 19.1 Å². The summed E-state index contributed by atoms with van der Waals surface area (Å²) in [5.41, 5.74) is -0.0237. The Labute approximate surface area is 165 Å². The van der Waals surface area contributed by atoms with Crippen molar-refractivity contribution in [3.8, 4) is 5.69 Å². The minimum absolute atomic E-state index is 0.0174. The molecule has 148 valence electrons. The summed E-state index contributed by atoms with van der Waals surface area (Å²) in [6.07, 6.45) is 1.68. The van der Waals surface area contributed by atoms with Gasteiger partial charge < -0.3 is 5.32 Å². The Kier molecular flexibility index (Phi) is 4.84. The van der Waals surface area contributed by atoms with Gasteiger partial charge in [-0.25, -0.2) is 9.18 Å². The molecule has 0 radical (unpaired) electrons. The van der Waals surface area contributed by atoms with Crippen LogP contribution in [0.5, 0.6) is 0 Å². The summed E-state index contributed by atoms with van der Waals surface area (Å²) in [5, 5.41) is 6.69. The molecule has 0 atom stereocenters. The maximum atomic E-state index is 13.7. The van der Waals surface area contributed by atoms with Gasteiger partial charge >= 0.3 is 5.69 Å². The van der Waals surface area contributed by atoms with E-state index in [2.05, 4.69) is 10.4 Å². The molecule has 0 spiro atoms. The van der Waals surface area contributed by atoms with Gasteiger partial charge in [-0.15, -0.1) is 0 Å². The molecule has 1 heterocycles. The lowest BCUT2D eigenvalue weighted by atomic mass is 10.1. The van der Waals surface area contributed by atoms with E-state index in [9.17, 15) is 18.8 Å². The summed E-state index contributed by atoms with van der Waals surface area (Å²) in [5.74, 6) is -1.20. The van der Waals surface area contributed by atoms with Gasteiger partial charge in [-0.3, -0.25) is 14.2 Å². The Morgan fingerprint density at radius 3 is 2.55 bits per heavy atom. The Balaban J connectivity index is 1.86. The van der Waals surface area contributed by atoms with Crippen LogP contribution >= 0.6 is 0 Å². The monoisotopic (exact) mass is 394 g/mol. The van der Waals surface area contributed by atoms with Crippen molar-refractivity contribution >= 4 is 5.91 Å². The first-order chi connectivity index (χ1) is 13.9. The van der Waals surface area contributed by atoms with Crippen molar-refractivity contribution in [3.05, 3.63) is 92.0 Å². The van der Waals surface area contributed by atoms with E-state index >= 15 is 0 Å². The van der Waals surface area contributed by atoms with E-state index < -0.39 is 28.7 Å². The first-order valence-electron chi connectivity index (χ1n) is 9.29. The highest BCUT2D eigenvalue weighted by Crippen LogP contribution is 2.18. The second kappa shape index (κ2) is 7.46. The molecule has 0 bridgehead atoms. The molecule has 2 aromatic carbocycles. The van der Waals surface area contributed by atoms with Crippen LogP contribution in [0.25, 0.3) is 5.69 Å². The van der Waals surface area contributed by atoms with Crippen molar-refractivity contribution in [3.63, 3.8) is 0 Å². The molecule has 8 heteroatoms. The smallest absolute Gasteiger partial charge is 0.348 e. The molecular weight excluding hydrogens is 375 g/mol. The van der Waals surface area contributed by atoms with Crippen LogP contribution in [0.4, 0.5) is 4.39 Å². The van der Waals surface area contributed by atoms with Gasteiger partial charge in [0.1, 0.15) is 5.82 Å². The topological polar surface area (TPSA) is 86.0 Å². The van der Waals surface area contributed by atoms with Gasteiger partial charge in [0.2, 0.25) is 5.69 Å². The standard InChI is InChI=1S/C21H19FN4O3/c1-13-5-7-14(8-6-13)12-25-20(28)18(19(27)23-16-9-10-16)24-26(21(25)29)17-4-2-3-15(22)11-17/h2-8,11,16H,9-10,12H2,1H3,(H,23,27). The summed E-state index contributed by atoms with van der Waals surface area (Å²) in [6, 6.07) is 12.6. The van der Waals surface area contributed by atoms with Crippen molar-refractivity contribution in [2.24, 2.45) is 0 Å². The van der Waals surface area contributed by atoms with Crippen molar-refractivity contribution in [2.75, 3.05) is 0 Å². The number of carbonyl (C=O) groups is 1. The molecule has 1 aliphatic rings. The maximum Gasteiger partial charge on any atom is 0.352 e. The summed E-state index contributed by atoms with van der Waals surface area (Å²) in [4.78, 5) is 38.4. The first kappa shape index (κ1) is 18.8. The molecule has 3 aromatic rings. The Bertz CT molecular complexity index is 1190. The summed E-state index contributed by atoms with van der Waals surface area (Å²) in [7, 11) is 0. The quantitative estimate of drug-likeness (QED) is 0.715. The SMILES string of the molecule is Cc1ccc(Cn2c(=O)c(C(=O)NC3CC3)nn(-c3cccc(F)c3)c2=O)cc1. The fourth-order valence-corrected chi connectivity index (χ4v) is 2.93. The maximum absolute atomic E-state index is 13.7. The van der Waals surface area contributed by atoms with E-state index in [4.69, 9.17) is 0 Å². The lowest BCUT2D eigenvalue weighted by Gasteiger charge is -2.12. The highest BCUT2D eigenvalue weighted by molar-refractivity contribution is 5.92. The summed E-state index contributed by atoms with van der Waals surface area (Å²) in [6.45, 7) is 1.90. The average Bonchev–Trinajstić information content (AvgIpc) is 3.50. The third kappa shape index (κ3) is 4.01. The van der Waals surface area contributed by atoms with Crippen LogP contribution in [0, 0.1) is 12.7 Å². The Morgan fingerprint density at radius 2 is 1.90 bits per heavy atom. The Morgan fingerprint density at radius 1 is 1.17 bits per heavy atom. The van der Waals surface area contributed by atoms with Gasteiger partial charge in [0.15, 0.2) is 0 Å². The molecule has 1 aromatic heterocycles. The van der Waals surface area contributed by atoms with Gasteiger partial charge in [0.05, 0.1) is 12.2 Å². The molecule has 1 aliphatic carbocycles. The van der Waals surface area contributed by atoms with E-state index in [1.165, 1.54) is 18.2 Å². The minimum atomic E-state index is -0.777. The second-order valence-electron chi connectivity index (χ2n) is 7.15. The first-order valence-corrected chi connectivity index (χ1v) is 9.29. The number of nitrogens with zero attached hydrogens (tertiary/aromatic N) is 3. The molecule has 7 nitrogen and oxygen atoms in total. The number of aromatic nitrogens is 3. The normalized spacial score (nSPS) is 13.3. The number of carbonyl (C=O) groups excluding carboxylic acids is 1. The third-order valence-corrected chi connectivity index (χ3v) is 4.70. The van der Waals surface area contributed by atoms with Crippen molar-refractivity contribution in [1.82, 2.24) is 19.7 Å². The average molecular weight is 394 g/mol. The van der Waals surface area contributed by atoms with Gasteiger partial charge in [-0.05, 0) is 43.5 Å². The van der Waals surface area contributed by atoms with Crippen molar-refractivity contribution in [2.45, 2.75) is 32.4 Å². The third-order valence-electron chi connectivity index (χ3n) is 4.70. The highest BCUT2D eigenvalue weighted by Gasteiger charge is 2.27. The fourth-order valence-electron chi connectivity index (χ4n) is 2.93. The number of rotatable bonds is 5. The van der Waals surface area contributed by atoms with Crippen molar-refractivity contribution in [1.29, 1.82) is 0 Å². The van der Waals surface area contributed by atoms with E-state index in [0.29, 0.717) is 0 Å². The number of halogens is 1. The predicted octanol–water partition coefficient (Wildman–Crippen LogP) is 1.78. The molecule has 1 amide bonds. The van der Waals surface area contributed by atoms with Crippen LogP contribution in [0.3, 0.4) is 0 Å². The lowest BCUT2D eigenvalue weighted by molar-refractivity contribution is 0.0941. The predicted molar refractivity (Wildman–Crippen MR) is 105 cm³/mol. The number of benzene rings is 2. The molecule has 1 N–H and O–H groups in total. The molecule has 0 saturated heterocycles. The zero-order chi connectivity index (χ0) is 20.5. The molecule has 0 aliphatic heterocycles. The number of hydrogen-bond donors (Lipinski definition) is 1. The van der Waals surface area contributed by atoms with E-state index in [-0.39, 0.29) is 18.3 Å². The molecule has 29 heavy (non-hydrogen) atoms. The van der Waals surface area contributed by atoms with Crippen LogP contribution in [0.15, 0.2) is 58.1 Å². The molecular formula is C21H19FN4O3. The number of nitrogens with one attached hydrogen (secondary N) is 1. The van der Waals surface area contributed by atoms with Crippen LogP contribution < -0.4 is 16.6 Å². The lowest BCUT2D eigenvalue weighted by Crippen LogP contribution is -2.46. The summed E-state index contributed by atoms with van der Waals surface area (Å²) < 4.78 is 15.5. The van der Waals surface area contributed by atoms with Crippen LogP contribution in [-0.4, -0.2) is 26.3 Å². The zero-order valence-corrected chi connectivity index (χ0v) is 15.8. The molecule has 0 unspecified atom stereocenters. The zero-order valence-electron chi connectivity index (χ0n) is 15.8. The molecule has 4 rings (SSSR count). The second-order valence-corrected chi connectivity index (χ2v) is 7.15. The van der Waals surface area contributed by atoms with Gasteiger partial charge in [0, 0.05) is 6.04 Å². The van der Waals surface area contributed by atoms with Crippen molar-refractivity contribution < 1.29 is 9.18 Å². The Hall–Kier alpha value is -3.55. The van der Waals surface area contributed by atoms with Gasteiger partial charge in [-0.1, -0.05) is 35.9 Å².